The molecule has 1 aliphatic carbocycles. The number of carbonyl (C=O) groups excluding carboxylic acids is 1. The van der Waals surface area contributed by atoms with E-state index < -0.39 is 5.54 Å². The summed E-state index contributed by atoms with van der Waals surface area (Å²) in [6, 6.07) is 8.00. The van der Waals surface area contributed by atoms with Crippen molar-refractivity contribution < 1.29 is 9.53 Å². The van der Waals surface area contributed by atoms with Crippen molar-refractivity contribution in [3.05, 3.63) is 29.3 Å². The van der Waals surface area contributed by atoms with Crippen LogP contribution >= 0.6 is 0 Å². The summed E-state index contributed by atoms with van der Waals surface area (Å²) < 4.78 is 4.99. The van der Waals surface area contributed by atoms with E-state index in [1.54, 1.807) is 6.07 Å². The first kappa shape index (κ1) is 12.0. The fourth-order valence-corrected chi connectivity index (χ4v) is 2.91. The van der Waals surface area contributed by atoms with Crippen LogP contribution in [0.1, 0.15) is 48.0 Å². The number of nitriles is 1. The molecule has 98 valence electrons. The van der Waals surface area contributed by atoms with Crippen molar-refractivity contribution in [3.63, 3.8) is 0 Å². The molecule has 0 aromatic heterocycles. The van der Waals surface area contributed by atoms with Gasteiger partial charge in [0.1, 0.15) is 12.1 Å². The lowest BCUT2D eigenvalue weighted by molar-refractivity contribution is 0.0535. The van der Waals surface area contributed by atoms with Crippen LogP contribution in [0.2, 0.25) is 0 Å². The van der Waals surface area contributed by atoms with Crippen LogP contribution in [0.15, 0.2) is 18.2 Å². The van der Waals surface area contributed by atoms with Crippen molar-refractivity contribution in [2.45, 2.75) is 44.2 Å². The molecule has 1 aromatic carbocycles. The Morgan fingerprint density at radius 2 is 2.05 bits per heavy atom. The molecule has 4 heteroatoms. The van der Waals surface area contributed by atoms with E-state index in [4.69, 9.17) is 4.74 Å². The van der Waals surface area contributed by atoms with E-state index in [0.717, 1.165) is 36.9 Å². The lowest BCUT2D eigenvalue weighted by Gasteiger charge is -2.32. The van der Waals surface area contributed by atoms with Crippen molar-refractivity contribution >= 4 is 11.7 Å². The third-order valence-corrected chi connectivity index (χ3v) is 3.99. The van der Waals surface area contributed by atoms with Crippen LogP contribution in [0.5, 0.6) is 0 Å². The number of hydrogen-bond donors (Lipinski definition) is 1. The zero-order valence-electron chi connectivity index (χ0n) is 10.7. The summed E-state index contributed by atoms with van der Waals surface area (Å²) in [5, 5.41) is 12.8. The third-order valence-electron chi connectivity index (χ3n) is 3.99. The van der Waals surface area contributed by atoms with Gasteiger partial charge < -0.3 is 10.1 Å². The topological polar surface area (TPSA) is 62.1 Å². The first-order valence-electron chi connectivity index (χ1n) is 6.72. The second kappa shape index (κ2) is 4.58. The van der Waals surface area contributed by atoms with Crippen LogP contribution in [0.3, 0.4) is 0 Å². The smallest absolute Gasteiger partial charge is 0.338 e. The van der Waals surface area contributed by atoms with Gasteiger partial charge in [-0.2, -0.15) is 5.26 Å². The summed E-state index contributed by atoms with van der Waals surface area (Å²) in [5.41, 5.74) is 2.00. The molecule has 1 aromatic rings. The van der Waals surface area contributed by atoms with Gasteiger partial charge in [-0.25, -0.2) is 4.79 Å². The number of esters is 1. The number of nitrogens with zero attached hydrogens (tertiary/aromatic N) is 1. The molecule has 1 N–H and O–H groups in total. The van der Waals surface area contributed by atoms with Gasteiger partial charge in [-0.05, 0) is 31.0 Å². The molecule has 2 aliphatic rings. The van der Waals surface area contributed by atoms with Gasteiger partial charge in [0.05, 0.1) is 11.6 Å². The number of rotatable bonds is 2. The number of ether oxygens (including phenoxy) is 1. The predicted molar refractivity (Wildman–Crippen MR) is 70.6 cm³/mol. The van der Waals surface area contributed by atoms with E-state index in [1.165, 1.54) is 6.42 Å². The van der Waals surface area contributed by atoms with Gasteiger partial charge in [-0.15, -0.1) is 0 Å². The minimum atomic E-state index is -0.448. The quantitative estimate of drug-likeness (QED) is 0.826. The Morgan fingerprint density at radius 3 is 2.79 bits per heavy atom. The lowest BCUT2D eigenvalue weighted by Crippen LogP contribution is -2.38. The Morgan fingerprint density at radius 1 is 1.26 bits per heavy atom. The Bertz CT molecular complexity index is 554. The van der Waals surface area contributed by atoms with Crippen LogP contribution < -0.4 is 5.32 Å². The third kappa shape index (κ3) is 2.17. The van der Waals surface area contributed by atoms with Crippen molar-refractivity contribution in [2.24, 2.45) is 0 Å². The fraction of sp³-hybridized carbons (Fsp3) is 0.467. The molecule has 0 unspecified atom stereocenters. The summed E-state index contributed by atoms with van der Waals surface area (Å²) in [6.45, 7) is 0.337. The number of hydrogen-bond acceptors (Lipinski definition) is 4. The van der Waals surface area contributed by atoms with Gasteiger partial charge in [-0.1, -0.05) is 19.3 Å². The van der Waals surface area contributed by atoms with E-state index in [9.17, 15) is 10.1 Å². The van der Waals surface area contributed by atoms with Gasteiger partial charge in [0.2, 0.25) is 0 Å². The zero-order valence-corrected chi connectivity index (χ0v) is 10.7. The largest absolute Gasteiger partial charge is 0.457 e. The molecule has 19 heavy (non-hydrogen) atoms. The summed E-state index contributed by atoms with van der Waals surface area (Å²) in [7, 11) is 0. The number of benzene rings is 1. The molecule has 0 spiro atoms. The highest BCUT2D eigenvalue weighted by molar-refractivity contribution is 5.93. The van der Waals surface area contributed by atoms with Crippen LogP contribution in [-0.2, 0) is 11.3 Å². The SMILES string of the molecule is N#CC1(Nc2ccc3c(c2)COC3=O)CCCCC1. The second-order valence-electron chi connectivity index (χ2n) is 5.33. The number of fused-ring (bicyclic) bond motifs is 1. The first-order valence-corrected chi connectivity index (χ1v) is 6.72. The van der Waals surface area contributed by atoms with E-state index in [-0.39, 0.29) is 5.97 Å². The normalized spacial score (nSPS) is 20.3. The van der Waals surface area contributed by atoms with Crippen molar-refractivity contribution in [1.29, 1.82) is 5.26 Å². The average molecular weight is 256 g/mol. The molecule has 1 saturated carbocycles. The molecule has 0 radical (unpaired) electrons. The Labute approximate surface area is 112 Å². The Kier molecular flexibility index (Phi) is 2.90. The molecule has 0 atom stereocenters. The highest BCUT2D eigenvalue weighted by Gasteiger charge is 2.32. The van der Waals surface area contributed by atoms with Gasteiger partial charge in [0.25, 0.3) is 0 Å². The minimum Gasteiger partial charge on any atom is -0.457 e. The Hall–Kier alpha value is -2.02. The van der Waals surface area contributed by atoms with Gasteiger partial charge >= 0.3 is 5.97 Å². The maximum Gasteiger partial charge on any atom is 0.338 e. The fourth-order valence-electron chi connectivity index (χ4n) is 2.91. The molecule has 1 heterocycles. The molecule has 4 nitrogen and oxygen atoms in total. The van der Waals surface area contributed by atoms with E-state index in [0.29, 0.717) is 12.2 Å². The van der Waals surface area contributed by atoms with Crippen LogP contribution in [-0.4, -0.2) is 11.5 Å². The average Bonchev–Trinajstić information content (AvgIpc) is 2.81. The van der Waals surface area contributed by atoms with Crippen LogP contribution in [0, 0.1) is 11.3 Å². The van der Waals surface area contributed by atoms with E-state index >= 15 is 0 Å². The maximum atomic E-state index is 11.4. The minimum absolute atomic E-state index is 0.255. The highest BCUT2D eigenvalue weighted by Crippen LogP contribution is 2.32. The first-order chi connectivity index (χ1) is 9.22. The Balaban J connectivity index is 1.84. The van der Waals surface area contributed by atoms with Crippen LogP contribution in [0.25, 0.3) is 0 Å². The molecule has 3 rings (SSSR count). The number of nitrogens with one attached hydrogen (secondary N) is 1. The van der Waals surface area contributed by atoms with Gasteiger partial charge in [0, 0.05) is 11.3 Å². The monoisotopic (exact) mass is 256 g/mol. The predicted octanol–water partition coefficient (Wildman–Crippen LogP) is 3.00. The van der Waals surface area contributed by atoms with Crippen molar-refractivity contribution in [3.8, 4) is 6.07 Å². The summed E-state index contributed by atoms with van der Waals surface area (Å²) in [4.78, 5) is 11.4. The molecule has 1 fully saturated rings. The summed E-state index contributed by atoms with van der Waals surface area (Å²) in [6.07, 6.45) is 5.16. The van der Waals surface area contributed by atoms with Gasteiger partial charge in [-0.3, -0.25) is 0 Å². The van der Waals surface area contributed by atoms with Crippen LogP contribution in [0.4, 0.5) is 5.69 Å². The highest BCUT2D eigenvalue weighted by atomic mass is 16.5. The second-order valence-corrected chi connectivity index (χ2v) is 5.33. The molecule has 1 aliphatic heterocycles. The standard InChI is InChI=1S/C15H16N2O2/c16-10-15(6-2-1-3-7-15)17-12-4-5-13-11(8-12)9-19-14(13)18/h4-5,8,17H,1-3,6-7,9H2. The molecule has 0 bridgehead atoms. The summed E-state index contributed by atoms with van der Waals surface area (Å²) >= 11 is 0. The molecular weight excluding hydrogens is 240 g/mol. The molecule has 0 saturated heterocycles. The molecule has 0 amide bonds. The number of anilines is 1. The van der Waals surface area contributed by atoms with Crippen molar-refractivity contribution in [1.82, 2.24) is 0 Å². The summed E-state index contributed by atoms with van der Waals surface area (Å²) in [5.74, 6) is -0.255. The number of cyclic esters (lactones) is 1. The molecular formula is C15H16N2O2. The number of carbonyl (C=O) groups is 1. The maximum absolute atomic E-state index is 11.4. The van der Waals surface area contributed by atoms with Gasteiger partial charge in [0.15, 0.2) is 0 Å². The lowest BCUT2D eigenvalue weighted by atomic mass is 9.82. The van der Waals surface area contributed by atoms with E-state index in [1.807, 2.05) is 12.1 Å². The van der Waals surface area contributed by atoms with Crippen molar-refractivity contribution in [2.75, 3.05) is 5.32 Å². The van der Waals surface area contributed by atoms with E-state index in [2.05, 4.69) is 11.4 Å². The zero-order chi connectivity index (χ0) is 13.3.